The summed E-state index contributed by atoms with van der Waals surface area (Å²) < 4.78 is 0. The van der Waals surface area contributed by atoms with E-state index in [4.69, 9.17) is 5.26 Å². The lowest BCUT2D eigenvalue weighted by Crippen LogP contribution is -2.04. The fourth-order valence-corrected chi connectivity index (χ4v) is 2.22. The van der Waals surface area contributed by atoms with E-state index in [0.717, 1.165) is 5.69 Å². The van der Waals surface area contributed by atoms with E-state index >= 15 is 0 Å². The molecular weight excluding hydrogens is 318 g/mol. The summed E-state index contributed by atoms with van der Waals surface area (Å²) in [5.74, 6) is -0.0631. The first-order valence-corrected chi connectivity index (χ1v) is 7.34. The van der Waals surface area contributed by atoms with Crippen molar-refractivity contribution in [3.63, 3.8) is 0 Å². The van der Waals surface area contributed by atoms with Gasteiger partial charge in [-0.1, -0.05) is 18.2 Å². The molecule has 1 heterocycles. The predicted molar refractivity (Wildman–Crippen MR) is 93.2 cm³/mol. The molecule has 0 atom stereocenters. The maximum Gasteiger partial charge on any atom is 0.337 e. The Labute approximate surface area is 143 Å². The van der Waals surface area contributed by atoms with Gasteiger partial charge in [-0.3, -0.25) is 0 Å². The van der Waals surface area contributed by atoms with Gasteiger partial charge in [0.1, 0.15) is 18.0 Å². The fraction of sp³-hybridized carbons (Fsp3) is 0. The Morgan fingerprint density at radius 3 is 2.52 bits per heavy atom. The van der Waals surface area contributed by atoms with Crippen LogP contribution in [0.5, 0.6) is 0 Å². The van der Waals surface area contributed by atoms with Crippen LogP contribution >= 0.6 is 0 Å². The monoisotopic (exact) mass is 331 g/mol. The van der Waals surface area contributed by atoms with E-state index in [1.165, 1.54) is 12.4 Å². The molecule has 1 aromatic heterocycles. The molecule has 2 aromatic carbocycles. The van der Waals surface area contributed by atoms with Crippen LogP contribution < -0.4 is 10.6 Å². The molecule has 0 aliphatic heterocycles. The maximum absolute atomic E-state index is 11.3. The molecular formula is C18H13N5O2. The maximum atomic E-state index is 11.3. The molecule has 0 bridgehead atoms. The summed E-state index contributed by atoms with van der Waals surface area (Å²) in [6, 6.07) is 17.3. The van der Waals surface area contributed by atoms with E-state index in [-0.39, 0.29) is 5.56 Å². The summed E-state index contributed by atoms with van der Waals surface area (Å²) in [7, 11) is 0. The highest BCUT2D eigenvalue weighted by Gasteiger charge is 2.10. The average molecular weight is 331 g/mol. The second-order valence-electron chi connectivity index (χ2n) is 5.08. The van der Waals surface area contributed by atoms with E-state index < -0.39 is 5.97 Å². The molecule has 122 valence electrons. The fourth-order valence-electron chi connectivity index (χ4n) is 2.22. The number of nitriles is 1. The van der Waals surface area contributed by atoms with Crippen LogP contribution in [0.4, 0.5) is 23.0 Å². The Balaban J connectivity index is 1.83. The van der Waals surface area contributed by atoms with Crippen molar-refractivity contribution in [2.24, 2.45) is 0 Å². The predicted octanol–water partition coefficient (Wildman–Crippen LogP) is 3.53. The number of hydrogen-bond donors (Lipinski definition) is 3. The first kappa shape index (κ1) is 16.0. The largest absolute Gasteiger partial charge is 0.478 e. The minimum Gasteiger partial charge on any atom is -0.478 e. The molecule has 3 aromatic rings. The van der Waals surface area contributed by atoms with E-state index in [0.29, 0.717) is 22.9 Å². The highest BCUT2D eigenvalue weighted by molar-refractivity contribution is 5.95. The second kappa shape index (κ2) is 7.10. The van der Waals surface area contributed by atoms with Crippen LogP contribution in [-0.2, 0) is 0 Å². The number of aromatic nitrogens is 2. The van der Waals surface area contributed by atoms with Crippen molar-refractivity contribution in [2.75, 3.05) is 10.6 Å². The summed E-state index contributed by atoms with van der Waals surface area (Å²) in [5, 5.41) is 24.2. The highest BCUT2D eigenvalue weighted by Crippen LogP contribution is 2.22. The molecule has 25 heavy (non-hydrogen) atoms. The molecule has 7 nitrogen and oxygen atoms in total. The molecule has 0 fully saturated rings. The summed E-state index contributed by atoms with van der Waals surface area (Å²) >= 11 is 0. The number of benzene rings is 2. The van der Waals surface area contributed by atoms with Crippen LogP contribution in [0.25, 0.3) is 0 Å². The average Bonchev–Trinajstić information content (AvgIpc) is 2.62. The van der Waals surface area contributed by atoms with Crippen LogP contribution in [0.3, 0.4) is 0 Å². The molecule has 0 radical (unpaired) electrons. The van der Waals surface area contributed by atoms with Crippen molar-refractivity contribution < 1.29 is 9.90 Å². The summed E-state index contributed by atoms with van der Waals surface area (Å²) in [6.45, 7) is 0. The number of carbonyl (C=O) groups is 1. The quantitative estimate of drug-likeness (QED) is 0.655. The van der Waals surface area contributed by atoms with Crippen molar-refractivity contribution >= 4 is 29.0 Å². The first-order chi connectivity index (χ1) is 12.2. The number of carboxylic acids is 1. The highest BCUT2D eigenvalue weighted by atomic mass is 16.4. The third-order valence-electron chi connectivity index (χ3n) is 3.35. The van der Waals surface area contributed by atoms with Crippen molar-refractivity contribution in [1.29, 1.82) is 5.26 Å². The van der Waals surface area contributed by atoms with Gasteiger partial charge in [-0.05, 0) is 30.3 Å². The number of aromatic carboxylic acids is 1. The summed E-state index contributed by atoms with van der Waals surface area (Å²) in [5.41, 5.74) is 1.84. The summed E-state index contributed by atoms with van der Waals surface area (Å²) in [6.07, 6.45) is 1.36. The SMILES string of the molecule is N#Cc1cccc(Nc2cc(Nc3ccccc3C(=O)O)ncn2)c1. The standard InChI is InChI=1S/C18H13N5O2/c19-10-12-4-3-5-13(8-12)22-16-9-17(21-11-20-16)23-15-7-2-1-6-14(15)18(24)25/h1-9,11H,(H,24,25)(H2,20,21,22,23). The molecule has 0 unspecified atom stereocenters. The minimum absolute atomic E-state index is 0.150. The van der Waals surface area contributed by atoms with Crippen LogP contribution in [-0.4, -0.2) is 21.0 Å². The van der Waals surface area contributed by atoms with Crippen molar-refractivity contribution in [2.45, 2.75) is 0 Å². The van der Waals surface area contributed by atoms with E-state index in [1.54, 1.807) is 42.5 Å². The third kappa shape index (κ3) is 3.89. The molecule has 0 amide bonds. The van der Waals surface area contributed by atoms with Gasteiger partial charge in [-0.2, -0.15) is 5.26 Å². The van der Waals surface area contributed by atoms with Gasteiger partial charge < -0.3 is 15.7 Å². The number of nitrogens with zero attached hydrogens (tertiary/aromatic N) is 3. The molecule has 0 saturated heterocycles. The Bertz CT molecular complexity index is 965. The molecule has 0 aliphatic rings. The second-order valence-corrected chi connectivity index (χ2v) is 5.08. The molecule has 3 N–H and O–H groups in total. The van der Waals surface area contributed by atoms with E-state index in [9.17, 15) is 9.90 Å². The number of rotatable bonds is 5. The van der Waals surface area contributed by atoms with Crippen molar-refractivity contribution in [3.05, 3.63) is 72.1 Å². The lowest BCUT2D eigenvalue weighted by atomic mass is 10.2. The Hall–Kier alpha value is -3.92. The molecule has 7 heteroatoms. The third-order valence-corrected chi connectivity index (χ3v) is 3.35. The molecule has 0 saturated carbocycles. The molecule has 0 spiro atoms. The van der Waals surface area contributed by atoms with Crippen LogP contribution in [0.15, 0.2) is 60.9 Å². The lowest BCUT2D eigenvalue weighted by molar-refractivity contribution is 0.0698. The molecule has 3 rings (SSSR count). The first-order valence-electron chi connectivity index (χ1n) is 7.34. The van der Waals surface area contributed by atoms with Gasteiger partial charge >= 0.3 is 5.97 Å². The van der Waals surface area contributed by atoms with Gasteiger partial charge in [0.05, 0.1) is 22.9 Å². The Morgan fingerprint density at radius 1 is 1.00 bits per heavy atom. The van der Waals surface area contributed by atoms with Crippen LogP contribution in [0.2, 0.25) is 0 Å². The van der Waals surface area contributed by atoms with Crippen LogP contribution in [0, 0.1) is 11.3 Å². The number of nitrogens with one attached hydrogen (secondary N) is 2. The van der Waals surface area contributed by atoms with Gasteiger partial charge in [0.25, 0.3) is 0 Å². The number of carboxylic acid groups (broad SMARTS) is 1. The lowest BCUT2D eigenvalue weighted by Gasteiger charge is -2.10. The van der Waals surface area contributed by atoms with Crippen LogP contribution in [0.1, 0.15) is 15.9 Å². The zero-order valence-corrected chi connectivity index (χ0v) is 13.0. The Morgan fingerprint density at radius 2 is 1.76 bits per heavy atom. The van der Waals surface area contributed by atoms with Gasteiger partial charge in [-0.15, -0.1) is 0 Å². The number of anilines is 4. The zero-order valence-electron chi connectivity index (χ0n) is 13.0. The van der Waals surface area contributed by atoms with E-state index in [2.05, 4.69) is 26.7 Å². The number of hydrogen-bond acceptors (Lipinski definition) is 6. The van der Waals surface area contributed by atoms with E-state index in [1.807, 2.05) is 6.07 Å². The topological polar surface area (TPSA) is 111 Å². The zero-order chi connectivity index (χ0) is 17.6. The van der Waals surface area contributed by atoms with Gasteiger partial charge in [-0.25, -0.2) is 14.8 Å². The molecule has 0 aliphatic carbocycles. The Kier molecular flexibility index (Phi) is 4.53. The van der Waals surface area contributed by atoms with Crippen molar-refractivity contribution in [1.82, 2.24) is 9.97 Å². The van der Waals surface area contributed by atoms with Gasteiger partial charge in [0.2, 0.25) is 0 Å². The normalized spacial score (nSPS) is 9.88. The minimum atomic E-state index is -1.02. The van der Waals surface area contributed by atoms with Crippen molar-refractivity contribution in [3.8, 4) is 6.07 Å². The van der Waals surface area contributed by atoms with Gasteiger partial charge in [0, 0.05) is 11.8 Å². The smallest absolute Gasteiger partial charge is 0.337 e. The number of para-hydroxylation sites is 1. The van der Waals surface area contributed by atoms with Gasteiger partial charge in [0.15, 0.2) is 0 Å². The summed E-state index contributed by atoms with van der Waals surface area (Å²) in [4.78, 5) is 19.5.